The molecule has 0 spiro atoms. The minimum atomic E-state index is -0.139. The summed E-state index contributed by atoms with van der Waals surface area (Å²) in [4.78, 5) is 31.6. The maximum Gasteiger partial charge on any atom is 0.242 e. The van der Waals surface area contributed by atoms with Crippen LogP contribution in [-0.4, -0.2) is 41.8 Å². The summed E-state index contributed by atoms with van der Waals surface area (Å²) >= 11 is 0. The fraction of sp³-hybridized carbons (Fsp3) is 0.316. The van der Waals surface area contributed by atoms with Gasteiger partial charge in [-0.3, -0.25) is 14.6 Å². The second-order valence-electron chi connectivity index (χ2n) is 5.81. The number of hydrogen-bond acceptors (Lipinski definition) is 3. The summed E-state index contributed by atoms with van der Waals surface area (Å²) in [5, 5.41) is 0. The summed E-state index contributed by atoms with van der Waals surface area (Å²) in [5.74, 6) is -0.220. The second kappa shape index (κ2) is 8.24. The predicted molar refractivity (Wildman–Crippen MR) is 94.8 cm³/mol. The van der Waals surface area contributed by atoms with Gasteiger partial charge in [-0.1, -0.05) is 18.2 Å². The van der Waals surface area contributed by atoms with E-state index in [1.165, 1.54) is 11.8 Å². The van der Waals surface area contributed by atoms with Gasteiger partial charge in [-0.25, -0.2) is 0 Å². The number of likely N-dealkylation sites (N-methyl/N-ethyl adjacent to an activating group) is 1. The highest BCUT2D eigenvalue weighted by atomic mass is 16.2. The quantitative estimate of drug-likeness (QED) is 0.820. The van der Waals surface area contributed by atoms with Crippen molar-refractivity contribution in [2.45, 2.75) is 20.3 Å². The molecular formula is C19H23N3O2. The number of aromatic nitrogens is 1. The van der Waals surface area contributed by atoms with Crippen molar-refractivity contribution in [1.82, 2.24) is 9.88 Å². The van der Waals surface area contributed by atoms with Crippen LogP contribution in [0.1, 0.15) is 18.1 Å². The lowest BCUT2D eigenvalue weighted by molar-refractivity contribution is -0.130. The van der Waals surface area contributed by atoms with Gasteiger partial charge < -0.3 is 9.80 Å². The molecule has 0 bridgehead atoms. The second-order valence-corrected chi connectivity index (χ2v) is 5.81. The van der Waals surface area contributed by atoms with Gasteiger partial charge in [0.2, 0.25) is 11.8 Å². The SMILES string of the molecule is CC(=O)N(CC(=O)N(C)CCc1ccncc1)c1ccccc1C. The van der Waals surface area contributed by atoms with E-state index >= 15 is 0 Å². The Balaban J connectivity index is 2.00. The average molecular weight is 325 g/mol. The lowest BCUT2D eigenvalue weighted by Crippen LogP contribution is -2.41. The molecule has 1 aromatic heterocycles. The van der Waals surface area contributed by atoms with E-state index in [0.717, 1.165) is 23.2 Å². The van der Waals surface area contributed by atoms with Gasteiger partial charge in [-0.2, -0.15) is 0 Å². The number of rotatable bonds is 6. The number of para-hydroxylation sites is 1. The third-order valence-corrected chi connectivity index (χ3v) is 3.99. The highest BCUT2D eigenvalue weighted by Gasteiger charge is 2.19. The molecule has 0 saturated heterocycles. The number of anilines is 1. The van der Waals surface area contributed by atoms with E-state index in [4.69, 9.17) is 0 Å². The molecule has 126 valence electrons. The van der Waals surface area contributed by atoms with Crippen molar-refractivity contribution >= 4 is 17.5 Å². The molecular weight excluding hydrogens is 302 g/mol. The van der Waals surface area contributed by atoms with Crippen LogP contribution in [0.5, 0.6) is 0 Å². The van der Waals surface area contributed by atoms with Gasteiger partial charge in [0.1, 0.15) is 6.54 Å². The third kappa shape index (κ3) is 4.65. The number of amides is 2. The summed E-state index contributed by atoms with van der Waals surface area (Å²) in [6, 6.07) is 11.5. The molecule has 0 N–H and O–H groups in total. The van der Waals surface area contributed by atoms with Gasteiger partial charge in [-0.05, 0) is 42.7 Å². The molecule has 0 fully saturated rings. The van der Waals surface area contributed by atoms with Crippen LogP contribution in [0.3, 0.4) is 0 Å². The highest BCUT2D eigenvalue weighted by molar-refractivity contribution is 5.98. The first-order valence-corrected chi connectivity index (χ1v) is 7.95. The Bertz CT molecular complexity index is 701. The third-order valence-electron chi connectivity index (χ3n) is 3.99. The molecule has 1 heterocycles. The summed E-state index contributed by atoms with van der Waals surface area (Å²) in [6.45, 7) is 4.06. The average Bonchev–Trinajstić information content (AvgIpc) is 2.58. The molecule has 2 rings (SSSR count). The number of carbonyl (C=O) groups excluding carboxylic acids is 2. The molecule has 2 amide bonds. The Morgan fingerprint density at radius 1 is 1.08 bits per heavy atom. The first-order chi connectivity index (χ1) is 11.5. The van der Waals surface area contributed by atoms with Gasteiger partial charge in [0.15, 0.2) is 0 Å². The molecule has 1 aromatic carbocycles. The molecule has 0 unspecified atom stereocenters. The van der Waals surface area contributed by atoms with E-state index in [1.807, 2.05) is 43.3 Å². The number of pyridine rings is 1. The van der Waals surface area contributed by atoms with Gasteiger partial charge in [0, 0.05) is 38.6 Å². The lowest BCUT2D eigenvalue weighted by Gasteiger charge is -2.25. The van der Waals surface area contributed by atoms with E-state index in [1.54, 1.807) is 24.3 Å². The number of benzene rings is 1. The maximum absolute atomic E-state index is 12.5. The van der Waals surface area contributed by atoms with Crippen LogP contribution in [-0.2, 0) is 16.0 Å². The lowest BCUT2D eigenvalue weighted by atomic mass is 10.1. The van der Waals surface area contributed by atoms with Crippen LogP contribution >= 0.6 is 0 Å². The van der Waals surface area contributed by atoms with E-state index in [9.17, 15) is 9.59 Å². The standard InChI is InChI=1S/C19H23N3O2/c1-15-6-4-5-7-18(15)22(16(2)23)14-19(24)21(3)13-10-17-8-11-20-12-9-17/h4-9,11-12H,10,13-14H2,1-3H3. The molecule has 0 atom stereocenters. The van der Waals surface area contributed by atoms with Gasteiger partial charge in [-0.15, -0.1) is 0 Å². The van der Waals surface area contributed by atoms with Crippen LogP contribution in [0.4, 0.5) is 5.69 Å². The summed E-state index contributed by atoms with van der Waals surface area (Å²) in [7, 11) is 1.76. The molecule has 0 aliphatic carbocycles. The Morgan fingerprint density at radius 2 is 1.75 bits per heavy atom. The van der Waals surface area contributed by atoms with Crippen molar-refractivity contribution in [3.8, 4) is 0 Å². The Hall–Kier alpha value is -2.69. The first-order valence-electron chi connectivity index (χ1n) is 7.95. The van der Waals surface area contributed by atoms with Crippen molar-refractivity contribution in [2.24, 2.45) is 0 Å². The van der Waals surface area contributed by atoms with Crippen LogP contribution in [0.25, 0.3) is 0 Å². The topological polar surface area (TPSA) is 53.5 Å². The number of hydrogen-bond donors (Lipinski definition) is 0. The van der Waals surface area contributed by atoms with Gasteiger partial charge in [0.05, 0.1) is 0 Å². The zero-order valence-corrected chi connectivity index (χ0v) is 14.4. The molecule has 24 heavy (non-hydrogen) atoms. The molecule has 0 aliphatic rings. The Morgan fingerprint density at radius 3 is 2.38 bits per heavy atom. The Kier molecular flexibility index (Phi) is 6.07. The monoisotopic (exact) mass is 325 g/mol. The molecule has 2 aromatic rings. The van der Waals surface area contributed by atoms with Gasteiger partial charge >= 0.3 is 0 Å². The minimum absolute atomic E-state index is 0.0486. The zero-order chi connectivity index (χ0) is 17.5. The minimum Gasteiger partial charge on any atom is -0.344 e. The van der Waals surface area contributed by atoms with E-state index in [0.29, 0.717) is 6.54 Å². The van der Waals surface area contributed by atoms with E-state index in [2.05, 4.69) is 4.98 Å². The largest absolute Gasteiger partial charge is 0.344 e. The highest BCUT2D eigenvalue weighted by Crippen LogP contribution is 2.19. The van der Waals surface area contributed by atoms with Crippen LogP contribution < -0.4 is 4.90 Å². The van der Waals surface area contributed by atoms with Crippen molar-refractivity contribution in [3.05, 3.63) is 59.9 Å². The van der Waals surface area contributed by atoms with Crippen molar-refractivity contribution in [1.29, 1.82) is 0 Å². The van der Waals surface area contributed by atoms with Crippen molar-refractivity contribution in [2.75, 3.05) is 25.0 Å². The number of aryl methyl sites for hydroxylation is 1. The molecule has 0 radical (unpaired) electrons. The van der Waals surface area contributed by atoms with E-state index < -0.39 is 0 Å². The maximum atomic E-state index is 12.5. The van der Waals surface area contributed by atoms with Crippen molar-refractivity contribution in [3.63, 3.8) is 0 Å². The van der Waals surface area contributed by atoms with E-state index in [-0.39, 0.29) is 18.4 Å². The van der Waals surface area contributed by atoms with Crippen LogP contribution in [0.15, 0.2) is 48.8 Å². The van der Waals surface area contributed by atoms with Crippen molar-refractivity contribution < 1.29 is 9.59 Å². The first kappa shape index (κ1) is 17.7. The summed E-state index contributed by atoms with van der Waals surface area (Å²) in [6.07, 6.45) is 4.24. The van der Waals surface area contributed by atoms with Crippen LogP contribution in [0, 0.1) is 6.92 Å². The number of carbonyl (C=O) groups is 2. The van der Waals surface area contributed by atoms with Gasteiger partial charge in [0.25, 0.3) is 0 Å². The zero-order valence-electron chi connectivity index (χ0n) is 14.4. The number of nitrogens with zero attached hydrogens (tertiary/aromatic N) is 3. The molecule has 0 aliphatic heterocycles. The summed E-state index contributed by atoms with van der Waals surface area (Å²) < 4.78 is 0. The molecule has 5 nitrogen and oxygen atoms in total. The predicted octanol–water partition coefficient (Wildman–Crippen LogP) is 2.44. The normalized spacial score (nSPS) is 10.3. The van der Waals surface area contributed by atoms with Crippen LogP contribution in [0.2, 0.25) is 0 Å². The fourth-order valence-electron chi connectivity index (χ4n) is 2.46. The smallest absolute Gasteiger partial charge is 0.242 e. The summed E-state index contributed by atoms with van der Waals surface area (Å²) in [5.41, 5.74) is 2.88. The Labute approximate surface area is 142 Å². The molecule has 5 heteroatoms. The fourth-order valence-corrected chi connectivity index (χ4v) is 2.46. The molecule has 0 saturated carbocycles.